The van der Waals surface area contributed by atoms with Gasteiger partial charge in [0.15, 0.2) is 0 Å². The van der Waals surface area contributed by atoms with Gasteiger partial charge in [-0.15, -0.1) is 10.2 Å². The zero-order chi connectivity index (χ0) is 10.8. The first-order chi connectivity index (χ1) is 6.47. The zero-order valence-corrected chi connectivity index (χ0v) is 8.51. The van der Waals surface area contributed by atoms with E-state index < -0.39 is 12.0 Å². The van der Waals surface area contributed by atoms with Gasteiger partial charge in [0.25, 0.3) is 0 Å². The maximum atomic E-state index is 10.8. The fraction of sp³-hybridized carbons (Fsp3) is 0.714. The smallest absolute Gasteiger partial charge is 0.438 e. The van der Waals surface area contributed by atoms with E-state index in [1.807, 2.05) is 0 Å². The minimum atomic E-state index is -1.30. The lowest BCUT2D eigenvalue weighted by Gasteiger charge is -2.14. The summed E-state index contributed by atoms with van der Waals surface area (Å²) < 4.78 is 9.12. The first kappa shape index (κ1) is 10.4. The van der Waals surface area contributed by atoms with Crippen molar-refractivity contribution in [2.45, 2.75) is 12.8 Å². The van der Waals surface area contributed by atoms with Gasteiger partial charge in [0, 0.05) is 21.0 Å². The molecule has 1 atom stereocenters. The van der Waals surface area contributed by atoms with Crippen LogP contribution in [0.2, 0.25) is 0 Å². The van der Waals surface area contributed by atoms with Crippen LogP contribution in [-0.2, 0) is 9.47 Å². The van der Waals surface area contributed by atoms with Crippen molar-refractivity contribution in [3.05, 3.63) is 0 Å². The zero-order valence-electron chi connectivity index (χ0n) is 8.51. The number of methoxy groups -OCH3 is 1. The summed E-state index contributed by atoms with van der Waals surface area (Å²) in [5.41, 5.74) is 0. The van der Waals surface area contributed by atoms with Crippen LogP contribution in [0.15, 0.2) is 15.2 Å². The molecule has 0 aliphatic carbocycles. The molecule has 7 nitrogen and oxygen atoms in total. The van der Waals surface area contributed by atoms with Crippen molar-refractivity contribution in [1.82, 2.24) is 4.90 Å². The molecule has 0 saturated heterocycles. The van der Waals surface area contributed by atoms with E-state index in [0.717, 1.165) is 0 Å². The second-order valence-electron chi connectivity index (χ2n) is 3.00. The summed E-state index contributed by atoms with van der Waals surface area (Å²) in [6.45, 7) is 1.52. The molecule has 0 spiro atoms. The van der Waals surface area contributed by atoms with Crippen molar-refractivity contribution in [1.29, 1.82) is 0 Å². The largest absolute Gasteiger partial charge is 0.511 e. The number of carbonyl (C=O) groups excluding carboxylic acids is 1. The third kappa shape index (κ3) is 2.18. The predicted octanol–water partition coefficient (Wildman–Crippen LogP) is 0.827. The number of nitrogens with zero attached hydrogens (tertiary/aromatic N) is 4. The lowest BCUT2D eigenvalue weighted by Crippen LogP contribution is -2.27. The van der Waals surface area contributed by atoms with E-state index in [1.54, 1.807) is 19.0 Å². The highest BCUT2D eigenvalue weighted by atomic mass is 16.7. The molecule has 0 saturated carbocycles. The summed E-state index contributed by atoms with van der Waals surface area (Å²) in [6.07, 6.45) is -0.838. The predicted molar refractivity (Wildman–Crippen MR) is 47.9 cm³/mol. The Morgan fingerprint density at radius 2 is 2.14 bits per heavy atom. The summed E-state index contributed by atoms with van der Waals surface area (Å²) in [7, 11) is 4.75. The number of guanidine groups is 1. The minimum absolute atomic E-state index is 0.399. The van der Waals surface area contributed by atoms with E-state index in [9.17, 15) is 4.79 Å². The van der Waals surface area contributed by atoms with E-state index in [2.05, 4.69) is 20.0 Å². The molecule has 0 fully saturated rings. The van der Waals surface area contributed by atoms with Crippen LogP contribution in [0.4, 0.5) is 4.79 Å². The first-order valence-electron chi connectivity index (χ1n) is 3.94. The Kier molecular flexibility index (Phi) is 2.68. The fourth-order valence-electron chi connectivity index (χ4n) is 0.800. The van der Waals surface area contributed by atoms with Gasteiger partial charge < -0.3 is 14.4 Å². The Morgan fingerprint density at radius 3 is 2.57 bits per heavy atom. The molecule has 7 heteroatoms. The third-order valence-electron chi connectivity index (χ3n) is 1.48. The van der Waals surface area contributed by atoms with Crippen molar-refractivity contribution >= 4 is 12.1 Å². The third-order valence-corrected chi connectivity index (χ3v) is 1.48. The number of hydrogen-bond acceptors (Lipinski definition) is 7. The summed E-state index contributed by atoms with van der Waals surface area (Å²) in [5, 5.41) is 7.46. The maximum absolute atomic E-state index is 10.8. The molecule has 14 heavy (non-hydrogen) atoms. The molecule has 0 bridgehead atoms. The molecule has 78 valence electrons. The van der Waals surface area contributed by atoms with Crippen LogP contribution in [0.5, 0.6) is 0 Å². The monoisotopic (exact) mass is 200 g/mol. The molecule has 1 unspecified atom stereocenters. The lowest BCUT2D eigenvalue weighted by molar-refractivity contribution is -0.00764. The highest BCUT2D eigenvalue weighted by Crippen LogP contribution is 2.21. The lowest BCUT2D eigenvalue weighted by atomic mass is 10.5. The first-order valence-corrected chi connectivity index (χ1v) is 3.94. The van der Waals surface area contributed by atoms with Gasteiger partial charge in [0.05, 0.1) is 7.11 Å². The molecule has 0 radical (unpaired) electrons. The molecule has 0 aromatic carbocycles. The average Bonchev–Trinajstić information content (AvgIpc) is 2.47. The van der Waals surface area contributed by atoms with Crippen LogP contribution in [0, 0.1) is 0 Å². The minimum Gasteiger partial charge on any atom is -0.438 e. The van der Waals surface area contributed by atoms with Gasteiger partial charge in [-0.25, -0.2) is 4.79 Å². The van der Waals surface area contributed by atoms with Crippen LogP contribution in [-0.4, -0.2) is 44.1 Å². The standard InChI is InChI=1S/C7H12N4O3/c1-7(14-6(12)13-4)8-5(9-10-7)11(2)3/h1-4H3. The van der Waals surface area contributed by atoms with Crippen molar-refractivity contribution in [2.24, 2.45) is 15.2 Å². The quantitative estimate of drug-likeness (QED) is 0.587. The summed E-state index contributed by atoms with van der Waals surface area (Å²) in [5.74, 6) is -0.899. The van der Waals surface area contributed by atoms with Gasteiger partial charge >= 0.3 is 12.0 Å². The Bertz CT molecular complexity index is 299. The fourth-order valence-corrected chi connectivity index (χ4v) is 0.800. The van der Waals surface area contributed by atoms with Gasteiger partial charge in [-0.1, -0.05) is 0 Å². The van der Waals surface area contributed by atoms with Crippen molar-refractivity contribution < 1.29 is 14.3 Å². The number of hydrogen-bond donors (Lipinski definition) is 0. The van der Waals surface area contributed by atoms with E-state index in [4.69, 9.17) is 4.74 Å². The molecule has 0 aromatic heterocycles. The van der Waals surface area contributed by atoms with Crippen molar-refractivity contribution in [3.8, 4) is 0 Å². The van der Waals surface area contributed by atoms with Crippen LogP contribution >= 0.6 is 0 Å². The van der Waals surface area contributed by atoms with Crippen molar-refractivity contribution in [3.63, 3.8) is 0 Å². The van der Waals surface area contributed by atoms with E-state index in [0.29, 0.717) is 5.96 Å². The Hall–Kier alpha value is -1.66. The Balaban J connectivity index is 2.71. The highest BCUT2D eigenvalue weighted by Gasteiger charge is 2.33. The molecule has 1 aliphatic heterocycles. The second kappa shape index (κ2) is 3.60. The van der Waals surface area contributed by atoms with E-state index in [-0.39, 0.29) is 0 Å². The van der Waals surface area contributed by atoms with Crippen LogP contribution in [0.3, 0.4) is 0 Å². The number of rotatable bonds is 1. The SMILES string of the molecule is COC(=O)OC1(C)N=NC(N(C)C)=N1. The van der Waals surface area contributed by atoms with Gasteiger partial charge in [-0.2, -0.15) is 4.99 Å². The Morgan fingerprint density at radius 1 is 1.50 bits per heavy atom. The van der Waals surface area contributed by atoms with E-state index in [1.165, 1.54) is 14.0 Å². The number of carbonyl (C=O) groups is 1. The molecule has 0 aromatic rings. The topological polar surface area (TPSA) is 75.8 Å². The normalized spacial score (nSPS) is 24.4. The summed E-state index contributed by atoms with van der Waals surface area (Å²) >= 11 is 0. The molecular formula is C7H12N4O3. The molecular weight excluding hydrogens is 188 g/mol. The molecule has 1 aliphatic rings. The Labute approximate surface area is 81.4 Å². The molecule has 0 amide bonds. The van der Waals surface area contributed by atoms with Crippen LogP contribution in [0.1, 0.15) is 6.92 Å². The van der Waals surface area contributed by atoms with Gasteiger partial charge in [-0.3, -0.25) is 0 Å². The second-order valence-corrected chi connectivity index (χ2v) is 3.00. The highest BCUT2D eigenvalue weighted by molar-refractivity contribution is 5.81. The van der Waals surface area contributed by atoms with Crippen molar-refractivity contribution in [2.75, 3.05) is 21.2 Å². The summed E-state index contributed by atoms with van der Waals surface area (Å²) in [4.78, 5) is 16.5. The average molecular weight is 200 g/mol. The van der Waals surface area contributed by atoms with Gasteiger partial charge in [0.1, 0.15) is 0 Å². The number of aliphatic imine (C=N–C) groups is 1. The van der Waals surface area contributed by atoms with Crippen LogP contribution < -0.4 is 0 Å². The number of ether oxygens (including phenoxy) is 2. The molecule has 1 heterocycles. The van der Waals surface area contributed by atoms with Gasteiger partial charge in [-0.05, 0) is 0 Å². The van der Waals surface area contributed by atoms with Crippen LogP contribution in [0.25, 0.3) is 0 Å². The molecule has 1 rings (SSSR count). The maximum Gasteiger partial charge on any atom is 0.511 e. The van der Waals surface area contributed by atoms with E-state index >= 15 is 0 Å². The number of azo groups is 1. The van der Waals surface area contributed by atoms with Gasteiger partial charge in [0.2, 0.25) is 5.96 Å². The summed E-state index contributed by atoms with van der Waals surface area (Å²) in [6, 6.07) is 0. The molecule has 0 N–H and O–H groups in total.